The summed E-state index contributed by atoms with van der Waals surface area (Å²) in [7, 11) is 1.75. The van der Waals surface area contributed by atoms with Crippen molar-refractivity contribution >= 4 is 34.1 Å². The zero-order valence-electron chi connectivity index (χ0n) is 14.2. The molecule has 2 aromatic carbocycles. The molecule has 0 radical (unpaired) electrons. The Morgan fingerprint density at radius 1 is 1.15 bits per heavy atom. The van der Waals surface area contributed by atoms with Gasteiger partial charge in [-0.25, -0.2) is 0 Å². The van der Waals surface area contributed by atoms with Crippen LogP contribution in [0.25, 0.3) is 10.9 Å². The number of carbonyl (C=O) groups excluding carboxylic acids is 2. The maximum atomic E-state index is 12.3. The largest absolute Gasteiger partial charge is 0.481 e. The fourth-order valence-electron chi connectivity index (χ4n) is 3.92. The summed E-state index contributed by atoms with van der Waals surface area (Å²) in [5.74, 6) is 0.442. The molecule has 130 valence electrons. The van der Waals surface area contributed by atoms with Gasteiger partial charge in [0.15, 0.2) is 6.61 Å². The molecule has 0 spiro atoms. The van der Waals surface area contributed by atoms with Gasteiger partial charge in [-0.05, 0) is 29.3 Å². The number of amides is 2. The topological polar surface area (TPSA) is 74.4 Å². The number of rotatable bonds is 1. The molecule has 5 rings (SSSR count). The smallest absolute Gasteiger partial charge is 0.264 e. The van der Waals surface area contributed by atoms with E-state index in [2.05, 4.69) is 16.4 Å². The van der Waals surface area contributed by atoms with E-state index in [1.807, 2.05) is 36.5 Å². The van der Waals surface area contributed by atoms with Crippen molar-refractivity contribution in [2.24, 2.45) is 0 Å². The van der Waals surface area contributed by atoms with Gasteiger partial charge >= 0.3 is 0 Å². The van der Waals surface area contributed by atoms with Crippen LogP contribution in [-0.2, 0) is 9.59 Å². The first-order valence-electron chi connectivity index (χ1n) is 8.55. The summed E-state index contributed by atoms with van der Waals surface area (Å²) in [5.41, 5.74) is 4.64. The highest BCUT2D eigenvalue weighted by Gasteiger charge is 2.32. The monoisotopic (exact) mass is 347 g/mol. The lowest BCUT2D eigenvalue weighted by Gasteiger charge is -2.32. The molecule has 0 aliphatic carbocycles. The Balaban J connectivity index is 1.72. The van der Waals surface area contributed by atoms with Crippen molar-refractivity contribution in [1.29, 1.82) is 0 Å². The van der Waals surface area contributed by atoms with Crippen molar-refractivity contribution in [3.05, 3.63) is 53.7 Å². The fraction of sp³-hybridized carbons (Fsp3) is 0.200. The molecule has 0 saturated carbocycles. The average Bonchev–Trinajstić information content (AvgIpc) is 3.12. The van der Waals surface area contributed by atoms with Crippen LogP contribution >= 0.6 is 0 Å². The van der Waals surface area contributed by atoms with E-state index in [0.29, 0.717) is 12.2 Å². The highest BCUT2D eigenvalue weighted by molar-refractivity contribution is 6.01. The minimum atomic E-state index is -0.0819. The summed E-state index contributed by atoms with van der Waals surface area (Å²) < 4.78 is 5.56. The molecule has 1 atom stereocenters. The standard InChI is InChI=1S/C20H17N3O3/c1-23-17-7-14-13(11-3-2-4-15-12(11)5-6-21-15)8-19(24)22-16(14)9-18(17)26-10-20(23)25/h2-7,9,13,21H,8,10H2,1H3,(H,22,24). The zero-order valence-corrected chi connectivity index (χ0v) is 14.2. The SMILES string of the molecule is CN1C(=O)COc2cc3c(cc21)C(c1cccc2[nH]ccc12)CC(=O)N3. The number of H-pyrrole nitrogens is 1. The van der Waals surface area contributed by atoms with E-state index in [1.54, 1.807) is 11.9 Å². The van der Waals surface area contributed by atoms with Crippen LogP contribution in [0.4, 0.5) is 11.4 Å². The van der Waals surface area contributed by atoms with Crippen molar-refractivity contribution in [3.63, 3.8) is 0 Å². The van der Waals surface area contributed by atoms with Gasteiger partial charge in [0.05, 0.1) is 5.69 Å². The molecule has 0 saturated heterocycles. The minimum Gasteiger partial charge on any atom is -0.481 e. The summed E-state index contributed by atoms with van der Waals surface area (Å²) in [6, 6.07) is 11.9. The fourth-order valence-corrected chi connectivity index (χ4v) is 3.92. The molecule has 3 heterocycles. The highest BCUT2D eigenvalue weighted by atomic mass is 16.5. The predicted octanol–water partition coefficient (Wildman–Crippen LogP) is 3.00. The molecular weight excluding hydrogens is 330 g/mol. The Kier molecular flexibility index (Phi) is 3.09. The quantitative estimate of drug-likeness (QED) is 0.711. The van der Waals surface area contributed by atoms with Gasteiger partial charge < -0.3 is 19.9 Å². The number of aromatic amines is 1. The average molecular weight is 347 g/mol. The van der Waals surface area contributed by atoms with Crippen LogP contribution in [0.1, 0.15) is 23.5 Å². The molecule has 2 amide bonds. The third-order valence-corrected chi connectivity index (χ3v) is 5.26. The molecule has 2 aliphatic heterocycles. The van der Waals surface area contributed by atoms with E-state index in [1.165, 1.54) is 0 Å². The molecular formula is C20H17N3O3. The Morgan fingerprint density at radius 2 is 2.04 bits per heavy atom. The number of carbonyl (C=O) groups is 2. The van der Waals surface area contributed by atoms with E-state index < -0.39 is 0 Å². The summed E-state index contributed by atoms with van der Waals surface area (Å²) in [6.07, 6.45) is 2.28. The van der Waals surface area contributed by atoms with Crippen LogP contribution < -0.4 is 15.0 Å². The van der Waals surface area contributed by atoms with Crippen molar-refractivity contribution in [3.8, 4) is 5.75 Å². The Hall–Kier alpha value is -3.28. The van der Waals surface area contributed by atoms with Crippen molar-refractivity contribution < 1.29 is 14.3 Å². The van der Waals surface area contributed by atoms with Crippen LogP contribution in [0.15, 0.2) is 42.6 Å². The summed E-state index contributed by atoms with van der Waals surface area (Å²) >= 11 is 0. The van der Waals surface area contributed by atoms with Gasteiger partial charge in [-0.2, -0.15) is 0 Å². The zero-order chi connectivity index (χ0) is 17.8. The second-order valence-corrected chi connectivity index (χ2v) is 6.74. The van der Waals surface area contributed by atoms with Crippen molar-refractivity contribution in [2.75, 3.05) is 23.9 Å². The van der Waals surface area contributed by atoms with E-state index in [4.69, 9.17) is 4.74 Å². The molecule has 2 N–H and O–H groups in total. The molecule has 1 unspecified atom stereocenters. The van der Waals surface area contributed by atoms with Gasteiger partial charge in [0.2, 0.25) is 5.91 Å². The maximum Gasteiger partial charge on any atom is 0.264 e. The molecule has 0 bridgehead atoms. The number of likely N-dealkylation sites (N-methyl/N-ethyl adjacent to an activating group) is 1. The summed E-state index contributed by atoms with van der Waals surface area (Å²) in [6.45, 7) is 0.0162. The first kappa shape index (κ1) is 15.0. The minimum absolute atomic E-state index is 0.0162. The predicted molar refractivity (Wildman–Crippen MR) is 98.7 cm³/mol. The molecule has 1 aromatic heterocycles. The second kappa shape index (κ2) is 5.36. The number of nitrogens with one attached hydrogen (secondary N) is 2. The van der Waals surface area contributed by atoms with E-state index in [0.717, 1.165) is 33.4 Å². The van der Waals surface area contributed by atoms with Gasteiger partial charge in [0.1, 0.15) is 5.75 Å². The van der Waals surface area contributed by atoms with Gasteiger partial charge in [-0.1, -0.05) is 12.1 Å². The number of aromatic nitrogens is 1. The van der Waals surface area contributed by atoms with Crippen LogP contribution in [0.2, 0.25) is 0 Å². The lowest BCUT2D eigenvalue weighted by molar-refractivity contribution is -0.121. The van der Waals surface area contributed by atoms with Gasteiger partial charge in [0.25, 0.3) is 5.91 Å². The van der Waals surface area contributed by atoms with E-state index >= 15 is 0 Å². The Morgan fingerprint density at radius 3 is 2.92 bits per heavy atom. The molecule has 6 nitrogen and oxygen atoms in total. The van der Waals surface area contributed by atoms with Gasteiger partial charge in [-0.3, -0.25) is 9.59 Å². The Bertz CT molecular complexity index is 1070. The van der Waals surface area contributed by atoms with Crippen LogP contribution in [0.5, 0.6) is 5.75 Å². The van der Waals surface area contributed by atoms with Crippen LogP contribution in [0.3, 0.4) is 0 Å². The lowest BCUT2D eigenvalue weighted by atomic mass is 9.83. The van der Waals surface area contributed by atoms with E-state index in [9.17, 15) is 9.59 Å². The summed E-state index contributed by atoms with van der Waals surface area (Å²) in [5, 5.41) is 4.06. The maximum absolute atomic E-state index is 12.3. The number of nitrogens with zero attached hydrogens (tertiary/aromatic N) is 1. The Labute approximate surface area is 149 Å². The molecule has 26 heavy (non-hydrogen) atoms. The number of hydrogen-bond acceptors (Lipinski definition) is 3. The summed E-state index contributed by atoms with van der Waals surface area (Å²) in [4.78, 5) is 29.2. The van der Waals surface area contributed by atoms with Gasteiger partial charge in [-0.15, -0.1) is 0 Å². The molecule has 0 fully saturated rings. The van der Waals surface area contributed by atoms with Crippen LogP contribution in [0, 0.1) is 0 Å². The third-order valence-electron chi connectivity index (χ3n) is 5.26. The van der Waals surface area contributed by atoms with Crippen LogP contribution in [-0.4, -0.2) is 30.5 Å². The number of fused-ring (bicyclic) bond motifs is 3. The first-order valence-corrected chi connectivity index (χ1v) is 8.55. The third kappa shape index (κ3) is 2.12. The second-order valence-electron chi connectivity index (χ2n) is 6.74. The molecule has 6 heteroatoms. The normalized spacial score (nSPS) is 19.0. The van der Waals surface area contributed by atoms with E-state index in [-0.39, 0.29) is 24.3 Å². The van der Waals surface area contributed by atoms with Gasteiger partial charge in [0, 0.05) is 48.2 Å². The lowest BCUT2D eigenvalue weighted by Crippen LogP contribution is -2.36. The number of hydrogen-bond donors (Lipinski definition) is 2. The van der Waals surface area contributed by atoms with Crippen molar-refractivity contribution in [1.82, 2.24) is 4.98 Å². The number of anilines is 2. The number of benzene rings is 2. The molecule has 3 aromatic rings. The highest BCUT2D eigenvalue weighted by Crippen LogP contribution is 2.45. The van der Waals surface area contributed by atoms with Crippen molar-refractivity contribution in [2.45, 2.75) is 12.3 Å². The number of ether oxygens (including phenoxy) is 1. The molecule has 2 aliphatic rings. The first-order chi connectivity index (χ1) is 12.6.